The fraction of sp³-hybridized carbons (Fsp3) is 0.522. The first-order valence-corrected chi connectivity index (χ1v) is 11.7. The van der Waals surface area contributed by atoms with Gasteiger partial charge >= 0.3 is 12.1 Å². The lowest BCUT2D eigenvalue weighted by Crippen LogP contribution is -2.75. The number of anilines is 2. The highest BCUT2D eigenvalue weighted by Crippen LogP contribution is 2.50. The molecule has 13 heteroatoms. The number of benzene rings is 1. The molecule has 6 rings (SSSR count). The minimum atomic E-state index is -1.76. The minimum Gasteiger partial charge on any atom is -0.444 e. The Bertz CT molecular complexity index is 1340. The standard InChI is InChI=1S/C23H24FN5O7/c1-8-7-28-15-12(6-23(17(28)11(4)34-8)19(30)25-21(32)26-20(23)31)5-13-16(14(15)24)36-27-18(13)29-9(2)10(3)35-22(29)33/h5,8-11,17H,6-7H2,1-4H3,(H2,25,26,30,31,32). The van der Waals surface area contributed by atoms with E-state index >= 15 is 4.39 Å². The van der Waals surface area contributed by atoms with Crippen LogP contribution < -0.4 is 20.4 Å². The van der Waals surface area contributed by atoms with Gasteiger partial charge in [0.15, 0.2) is 17.1 Å². The second-order valence-electron chi connectivity index (χ2n) is 9.92. The number of ether oxygens (including phenoxy) is 2. The summed E-state index contributed by atoms with van der Waals surface area (Å²) in [4.78, 5) is 53.9. The Kier molecular flexibility index (Phi) is 4.66. The SMILES string of the molecule is CC1CN2c3c(cc4c(N5C(=O)OC(C)C5C)noc4c3F)CC3(C(=O)NC(=O)NC3=O)C2C(C)O1. The number of fused-ring (bicyclic) bond motifs is 5. The summed E-state index contributed by atoms with van der Waals surface area (Å²) in [6.07, 6.45) is -2.24. The maximum absolute atomic E-state index is 16.2. The van der Waals surface area contributed by atoms with Gasteiger partial charge in [-0.3, -0.25) is 25.1 Å². The number of aromatic nitrogens is 1. The predicted octanol–water partition coefficient (Wildman–Crippen LogP) is 1.59. The first-order chi connectivity index (χ1) is 17.0. The van der Waals surface area contributed by atoms with Crippen molar-refractivity contribution in [3.63, 3.8) is 0 Å². The molecule has 2 N–H and O–H groups in total. The van der Waals surface area contributed by atoms with Crippen LogP contribution in [0.3, 0.4) is 0 Å². The Morgan fingerprint density at radius 3 is 2.42 bits per heavy atom. The molecule has 1 aromatic heterocycles. The van der Waals surface area contributed by atoms with Gasteiger partial charge in [-0.1, -0.05) is 5.16 Å². The molecule has 1 spiro atoms. The third kappa shape index (κ3) is 2.80. The van der Waals surface area contributed by atoms with Crippen LogP contribution >= 0.6 is 0 Å². The van der Waals surface area contributed by atoms with Crippen LogP contribution in [-0.2, 0) is 25.5 Å². The van der Waals surface area contributed by atoms with Crippen LogP contribution in [0.15, 0.2) is 10.6 Å². The van der Waals surface area contributed by atoms with Crippen molar-refractivity contribution >= 4 is 46.4 Å². The number of barbiturate groups is 1. The van der Waals surface area contributed by atoms with Crippen LogP contribution in [0, 0.1) is 11.2 Å². The van der Waals surface area contributed by atoms with Crippen molar-refractivity contribution in [1.29, 1.82) is 0 Å². The number of cyclic esters (lactones) is 1. The number of halogens is 1. The van der Waals surface area contributed by atoms with Crippen molar-refractivity contribution in [3.05, 3.63) is 17.4 Å². The van der Waals surface area contributed by atoms with Gasteiger partial charge in [-0.2, -0.15) is 0 Å². The number of amides is 5. The average molecular weight is 501 g/mol. The van der Waals surface area contributed by atoms with Gasteiger partial charge in [0.2, 0.25) is 17.4 Å². The van der Waals surface area contributed by atoms with Crippen LogP contribution in [0.4, 0.5) is 25.5 Å². The number of hydrogen-bond acceptors (Lipinski definition) is 9. The lowest BCUT2D eigenvalue weighted by Gasteiger charge is -2.55. The van der Waals surface area contributed by atoms with E-state index in [0.717, 1.165) is 0 Å². The Balaban J connectivity index is 1.57. The molecule has 5 heterocycles. The van der Waals surface area contributed by atoms with Gasteiger partial charge in [-0.05, 0) is 39.3 Å². The van der Waals surface area contributed by atoms with Crippen LogP contribution in [0.1, 0.15) is 33.3 Å². The first kappa shape index (κ1) is 22.7. The summed E-state index contributed by atoms with van der Waals surface area (Å²) in [6.45, 7) is 7.22. The van der Waals surface area contributed by atoms with Gasteiger partial charge in [0, 0.05) is 13.0 Å². The molecule has 0 radical (unpaired) electrons. The lowest BCUT2D eigenvalue weighted by atomic mass is 9.66. The fourth-order valence-corrected chi connectivity index (χ4v) is 6.08. The zero-order chi connectivity index (χ0) is 25.7. The van der Waals surface area contributed by atoms with Crippen LogP contribution in [0.25, 0.3) is 11.0 Å². The first-order valence-electron chi connectivity index (χ1n) is 11.7. The van der Waals surface area contributed by atoms with E-state index in [2.05, 4.69) is 15.8 Å². The maximum atomic E-state index is 16.2. The van der Waals surface area contributed by atoms with Gasteiger partial charge in [-0.15, -0.1) is 0 Å². The number of imide groups is 2. The molecule has 4 aliphatic heterocycles. The number of nitrogens with zero attached hydrogens (tertiary/aromatic N) is 3. The molecule has 0 aliphatic carbocycles. The molecule has 36 heavy (non-hydrogen) atoms. The third-order valence-corrected chi connectivity index (χ3v) is 7.74. The normalized spacial score (nSPS) is 31.3. The molecule has 3 fully saturated rings. The molecular weight excluding hydrogens is 477 g/mol. The number of morpholine rings is 1. The van der Waals surface area contributed by atoms with E-state index in [0.29, 0.717) is 5.56 Å². The molecule has 5 atom stereocenters. The van der Waals surface area contributed by atoms with Gasteiger partial charge in [0.1, 0.15) is 6.10 Å². The summed E-state index contributed by atoms with van der Waals surface area (Å²) in [7, 11) is 0. The molecule has 5 amide bonds. The van der Waals surface area contributed by atoms with Crippen LogP contribution in [-0.4, -0.2) is 66.0 Å². The van der Waals surface area contributed by atoms with Gasteiger partial charge in [-0.25, -0.2) is 14.0 Å². The Labute approximate surface area is 204 Å². The summed E-state index contributed by atoms with van der Waals surface area (Å²) < 4.78 is 32.8. The third-order valence-electron chi connectivity index (χ3n) is 7.74. The monoisotopic (exact) mass is 501 g/mol. The molecule has 12 nitrogen and oxygen atoms in total. The summed E-state index contributed by atoms with van der Waals surface area (Å²) in [5.41, 5.74) is -1.40. The highest BCUT2D eigenvalue weighted by molar-refractivity contribution is 6.20. The Morgan fingerprint density at radius 1 is 1.08 bits per heavy atom. The smallest absolute Gasteiger partial charge is 0.416 e. The minimum absolute atomic E-state index is 0.0844. The van der Waals surface area contributed by atoms with Crippen LogP contribution in [0.5, 0.6) is 0 Å². The lowest BCUT2D eigenvalue weighted by molar-refractivity contribution is -0.153. The molecule has 3 saturated heterocycles. The van der Waals surface area contributed by atoms with Crippen molar-refractivity contribution < 1.29 is 37.6 Å². The molecule has 190 valence electrons. The average Bonchev–Trinajstić information content (AvgIpc) is 3.30. The van der Waals surface area contributed by atoms with E-state index in [4.69, 9.17) is 14.0 Å². The predicted molar refractivity (Wildman–Crippen MR) is 121 cm³/mol. The van der Waals surface area contributed by atoms with Crippen molar-refractivity contribution in [2.24, 2.45) is 5.41 Å². The van der Waals surface area contributed by atoms with Crippen molar-refractivity contribution in [2.45, 2.75) is 64.5 Å². The van der Waals surface area contributed by atoms with E-state index in [-0.39, 0.29) is 47.6 Å². The molecule has 0 bridgehead atoms. The van der Waals surface area contributed by atoms with E-state index in [1.165, 1.54) is 4.90 Å². The van der Waals surface area contributed by atoms with E-state index < -0.39 is 53.4 Å². The van der Waals surface area contributed by atoms with E-state index in [1.54, 1.807) is 31.7 Å². The zero-order valence-corrected chi connectivity index (χ0v) is 20.0. The van der Waals surface area contributed by atoms with Crippen molar-refractivity contribution in [1.82, 2.24) is 15.8 Å². The highest BCUT2D eigenvalue weighted by atomic mass is 19.1. The summed E-state index contributed by atoms with van der Waals surface area (Å²) in [6, 6.07) is -0.604. The van der Waals surface area contributed by atoms with E-state index in [9.17, 15) is 19.2 Å². The van der Waals surface area contributed by atoms with Crippen molar-refractivity contribution in [2.75, 3.05) is 16.3 Å². The molecular formula is C23H24FN5O7. The number of urea groups is 1. The van der Waals surface area contributed by atoms with Gasteiger partial charge in [0.05, 0.1) is 35.4 Å². The molecule has 5 unspecified atom stereocenters. The summed E-state index contributed by atoms with van der Waals surface area (Å²) >= 11 is 0. The largest absolute Gasteiger partial charge is 0.444 e. The topological polar surface area (TPSA) is 143 Å². The molecule has 2 aromatic rings. The van der Waals surface area contributed by atoms with Crippen molar-refractivity contribution in [3.8, 4) is 0 Å². The van der Waals surface area contributed by atoms with E-state index in [1.807, 2.05) is 6.92 Å². The maximum Gasteiger partial charge on any atom is 0.416 e. The van der Waals surface area contributed by atoms with Crippen LogP contribution in [0.2, 0.25) is 0 Å². The highest BCUT2D eigenvalue weighted by Gasteiger charge is 2.63. The Hall–Kier alpha value is -3.74. The number of rotatable bonds is 1. The second-order valence-corrected chi connectivity index (χ2v) is 9.92. The number of carbonyl (C=O) groups is 4. The number of carbonyl (C=O) groups excluding carboxylic acids is 4. The molecule has 4 aliphatic rings. The number of nitrogens with one attached hydrogen (secondary N) is 2. The summed E-state index contributed by atoms with van der Waals surface area (Å²) in [5.74, 6) is -2.19. The quantitative estimate of drug-likeness (QED) is 0.557. The summed E-state index contributed by atoms with van der Waals surface area (Å²) in [5, 5.41) is 8.59. The Morgan fingerprint density at radius 2 is 1.78 bits per heavy atom. The van der Waals surface area contributed by atoms with Gasteiger partial charge in [0.25, 0.3) is 0 Å². The second kappa shape index (κ2) is 7.38. The molecule has 0 saturated carbocycles. The number of hydrogen-bond donors (Lipinski definition) is 2. The fourth-order valence-electron chi connectivity index (χ4n) is 6.08. The zero-order valence-electron chi connectivity index (χ0n) is 20.0. The molecule has 1 aromatic carbocycles. The van der Waals surface area contributed by atoms with Gasteiger partial charge < -0.3 is 18.9 Å².